The minimum absolute atomic E-state index is 0.00209. The SMILES string of the molecule is CN(C(=O)COC(=O)c1nccnc1N)C1CCCc2ccccc21. The van der Waals surface area contributed by atoms with Crippen LogP contribution < -0.4 is 5.73 Å². The van der Waals surface area contributed by atoms with Gasteiger partial charge in [0.15, 0.2) is 18.1 Å². The van der Waals surface area contributed by atoms with Gasteiger partial charge in [-0.1, -0.05) is 24.3 Å². The molecule has 0 bridgehead atoms. The Kier molecular flexibility index (Phi) is 4.92. The molecule has 1 aliphatic carbocycles. The number of hydrogen-bond acceptors (Lipinski definition) is 6. The number of aryl methyl sites for hydroxylation is 1. The predicted octanol–water partition coefficient (Wildman–Crippen LogP) is 1.75. The number of nitrogens with two attached hydrogens (primary N) is 1. The van der Waals surface area contributed by atoms with Crippen LogP contribution in [0.3, 0.4) is 0 Å². The minimum atomic E-state index is -0.753. The summed E-state index contributed by atoms with van der Waals surface area (Å²) in [5.74, 6) is -1.04. The van der Waals surface area contributed by atoms with E-state index in [1.165, 1.54) is 18.0 Å². The summed E-state index contributed by atoms with van der Waals surface area (Å²) in [7, 11) is 1.74. The molecule has 2 aromatic rings. The largest absolute Gasteiger partial charge is 0.451 e. The number of ether oxygens (including phenoxy) is 1. The Morgan fingerprint density at radius 2 is 2.04 bits per heavy atom. The molecule has 1 atom stereocenters. The number of esters is 1. The van der Waals surface area contributed by atoms with Crippen molar-refractivity contribution in [3.8, 4) is 0 Å². The number of hydrogen-bond donors (Lipinski definition) is 1. The highest BCUT2D eigenvalue weighted by Crippen LogP contribution is 2.33. The Morgan fingerprint density at radius 1 is 1.28 bits per heavy atom. The first-order valence-corrected chi connectivity index (χ1v) is 8.15. The highest BCUT2D eigenvalue weighted by Gasteiger charge is 2.27. The van der Waals surface area contributed by atoms with Gasteiger partial charge in [0, 0.05) is 19.4 Å². The van der Waals surface area contributed by atoms with E-state index >= 15 is 0 Å². The number of carbonyl (C=O) groups is 2. The number of benzene rings is 1. The van der Waals surface area contributed by atoms with Crippen molar-refractivity contribution >= 4 is 17.7 Å². The van der Waals surface area contributed by atoms with Gasteiger partial charge in [0.25, 0.3) is 5.91 Å². The monoisotopic (exact) mass is 340 g/mol. The molecule has 0 fully saturated rings. The predicted molar refractivity (Wildman–Crippen MR) is 91.6 cm³/mol. The first-order chi connectivity index (χ1) is 12.1. The third kappa shape index (κ3) is 3.60. The zero-order chi connectivity index (χ0) is 17.8. The summed E-state index contributed by atoms with van der Waals surface area (Å²) in [6, 6.07) is 8.13. The lowest BCUT2D eigenvalue weighted by Crippen LogP contribution is -2.36. The average Bonchev–Trinajstić information content (AvgIpc) is 2.65. The van der Waals surface area contributed by atoms with Gasteiger partial charge in [-0.15, -0.1) is 0 Å². The maximum absolute atomic E-state index is 12.5. The van der Waals surface area contributed by atoms with Crippen molar-refractivity contribution in [1.29, 1.82) is 0 Å². The first kappa shape index (κ1) is 16.9. The molecular weight excluding hydrogens is 320 g/mol. The van der Waals surface area contributed by atoms with Crippen molar-refractivity contribution in [2.75, 3.05) is 19.4 Å². The fourth-order valence-electron chi connectivity index (χ4n) is 3.11. The van der Waals surface area contributed by atoms with Gasteiger partial charge in [-0.05, 0) is 30.4 Å². The molecule has 0 aliphatic heterocycles. The number of fused-ring (bicyclic) bond motifs is 1. The third-order valence-corrected chi connectivity index (χ3v) is 4.45. The van der Waals surface area contributed by atoms with E-state index in [0.29, 0.717) is 0 Å². The van der Waals surface area contributed by atoms with E-state index in [4.69, 9.17) is 10.5 Å². The molecule has 0 radical (unpaired) electrons. The average molecular weight is 340 g/mol. The van der Waals surface area contributed by atoms with E-state index in [1.807, 2.05) is 12.1 Å². The molecule has 0 saturated heterocycles. The van der Waals surface area contributed by atoms with Gasteiger partial charge in [-0.3, -0.25) is 4.79 Å². The Labute approximate surface area is 145 Å². The summed E-state index contributed by atoms with van der Waals surface area (Å²) < 4.78 is 5.06. The van der Waals surface area contributed by atoms with Crippen LogP contribution >= 0.6 is 0 Å². The number of likely N-dealkylation sites (N-methyl/N-ethyl adjacent to an activating group) is 1. The molecule has 0 saturated carbocycles. The standard InChI is InChI=1S/C18H20N4O3/c1-22(14-8-4-6-12-5-2-3-7-13(12)14)15(23)11-25-18(24)16-17(19)21-10-9-20-16/h2-3,5,7,9-10,14H,4,6,8,11H2,1H3,(H2,19,21). The van der Waals surface area contributed by atoms with E-state index in [9.17, 15) is 9.59 Å². The second-order valence-corrected chi connectivity index (χ2v) is 5.98. The van der Waals surface area contributed by atoms with Crippen LogP contribution in [-0.2, 0) is 16.0 Å². The fourth-order valence-corrected chi connectivity index (χ4v) is 3.11. The molecule has 25 heavy (non-hydrogen) atoms. The van der Waals surface area contributed by atoms with E-state index in [0.717, 1.165) is 24.8 Å². The maximum atomic E-state index is 12.5. The number of aromatic nitrogens is 2. The van der Waals surface area contributed by atoms with E-state index < -0.39 is 5.97 Å². The summed E-state index contributed by atoms with van der Waals surface area (Å²) >= 11 is 0. The Hall–Kier alpha value is -2.96. The van der Waals surface area contributed by atoms with Gasteiger partial charge in [-0.2, -0.15) is 0 Å². The number of anilines is 1. The van der Waals surface area contributed by atoms with E-state index in [1.54, 1.807) is 11.9 Å². The Bertz CT molecular complexity index is 793. The van der Waals surface area contributed by atoms with Crippen LogP contribution in [0.1, 0.15) is 40.5 Å². The first-order valence-electron chi connectivity index (χ1n) is 8.15. The van der Waals surface area contributed by atoms with Crippen molar-refractivity contribution in [3.05, 3.63) is 53.5 Å². The number of nitrogens with zero attached hydrogens (tertiary/aromatic N) is 3. The second kappa shape index (κ2) is 7.29. The molecule has 0 spiro atoms. The van der Waals surface area contributed by atoms with Crippen LogP contribution in [-0.4, -0.2) is 40.4 Å². The molecule has 1 aromatic carbocycles. The van der Waals surface area contributed by atoms with Gasteiger partial charge < -0.3 is 15.4 Å². The Morgan fingerprint density at radius 3 is 2.84 bits per heavy atom. The third-order valence-electron chi connectivity index (χ3n) is 4.45. The highest BCUT2D eigenvalue weighted by molar-refractivity contribution is 5.93. The summed E-state index contributed by atoms with van der Waals surface area (Å²) in [6.07, 6.45) is 5.67. The van der Waals surface area contributed by atoms with E-state index in [-0.39, 0.29) is 30.1 Å². The Balaban J connectivity index is 1.64. The van der Waals surface area contributed by atoms with Crippen LogP contribution in [0, 0.1) is 0 Å². The second-order valence-electron chi connectivity index (χ2n) is 5.98. The molecule has 1 amide bonds. The van der Waals surface area contributed by atoms with Gasteiger partial charge >= 0.3 is 5.97 Å². The smallest absolute Gasteiger partial charge is 0.361 e. The lowest BCUT2D eigenvalue weighted by Gasteiger charge is -2.33. The number of carbonyl (C=O) groups excluding carboxylic acids is 2. The van der Waals surface area contributed by atoms with Crippen molar-refractivity contribution in [2.24, 2.45) is 0 Å². The molecular formula is C18H20N4O3. The lowest BCUT2D eigenvalue weighted by molar-refractivity contribution is -0.135. The molecule has 7 nitrogen and oxygen atoms in total. The van der Waals surface area contributed by atoms with Crippen molar-refractivity contribution in [1.82, 2.24) is 14.9 Å². The van der Waals surface area contributed by atoms with Crippen LogP contribution in [0.25, 0.3) is 0 Å². The zero-order valence-corrected chi connectivity index (χ0v) is 14.0. The summed E-state index contributed by atoms with van der Waals surface area (Å²) in [6.45, 7) is -0.357. The van der Waals surface area contributed by atoms with Gasteiger partial charge in [0.05, 0.1) is 6.04 Å². The van der Waals surface area contributed by atoms with E-state index in [2.05, 4.69) is 22.1 Å². The molecule has 2 N–H and O–H groups in total. The van der Waals surface area contributed by atoms with Crippen LogP contribution in [0.15, 0.2) is 36.7 Å². The molecule has 1 heterocycles. The van der Waals surface area contributed by atoms with Gasteiger partial charge in [0.2, 0.25) is 0 Å². The molecule has 7 heteroatoms. The van der Waals surface area contributed by atoms with Crippen molar-refractivity contribution in [3.63, 3.8) is 0 Å². The van der Waals surface area contributed by atoms with Crippen molar-refractivity contribution < 1.29 is 14.3 Å². The quantitative estimate of drug-likeness (QED) is 0.852. The zero-order valence-electron chi connectivity index (χ0n) is 14.0. The molecule has 130 valence electrons. The summed E-state index contributed by atoms with van der Waals surface area (Å²) in [4.78, 5) is 33.7. The van der Waals surface area contributed by atoms with Crippen LogP contribution in [0.2, 0.25) is 0 Å². The number of rotatable bonds is 4. The lowest BCUT2D eigenvalue weighted by atomic mass is 9.87. The topological polar surface area (TPSA) is 98.4 Å². The molecule has 1 unspecified atom stereocenters. The normalized spacial score (nSPS) is 16.0. The summed E-state index contributed by atoms with van der Waals surface area (Å²) in [5.41, 5.74) is 7.93. The number of amides is 1. The number of nitrogen functional groups attached to an aromatic ring is 1. The summed E-state index contributed by atoms with van der Waals surface area (Å²) in [5, 5.41) is 0. The fraction of sp³-hybridized carbons (Fsp3) is 0.333. The molecule has 1 aromatic heterocycles. The molecule has 1 aliphatic rings. The van der Waals surface area contributed by atoms with Crippen molar-refractivity contribution in [2.45, 2.75) is 25.3 Å². The van der Waals surface area contributed by atoms with Gasteiger partial charge in [0.1, 0.15) is 0 Å². The maximum Gasteiger partial charge on any atom is 0.361 e. The van der Waals surface area contributed by atoms with Crippen LogP contribution in [0.4, 0.5) is 5.82 Å². The molecule has 3 rings (SSSR count). The highest BCUT2D eigenvalue weighted by atomic mass is 16.5. The minimum Gasteiger partial charge on any atom is -0.451 e. The van der Waals surface area contributed by atoms with Crippen LogP contribution in [0.5, 0.6) is 0 Å². The van der Waals surface area contributed by atoms with Gasteiger partial charge in [-0.25, -0.2) is 14.8 Å².